The lowest BCUT2D eigenvalue weighted by Gasteiger charge is -2.16. The van der Waals surface area contributed by atoms with Crippen LogP contribution in [0.1, 0.15) is 39.5 Å². The van der Waals surface area contributed by atoms with Crippen LogP contribution in [0, 0.1) is 11.7 Å². The van der Waals surface area contributed by atoms with Crippen molar-refractivity contribution in [2.45, 2.75) is 39.5 Å². The van der Waals surface area contributed by atoms with Gasteiger partial charge in [0.1, 0.15) is 11.5 Å². The Morgan fingerprint density at radius 1 is 1.10 bits per heavy atom. The fourth-order valence-corrected chi connectivity index (χ4v) is 5.48. The molecule has 6 heteroatoms. The Hall–Kier alpha value is -4.71. The molecule has 1 fully saturated rings. The fourth-order valence-electron chi connectivity index (χ4n) is 5.48. The van der Waals surface area contributed by atoms with Gasteiger partial charge in [0, 0.05) is 39.3 Å². The van der Waals surface area contributed by atoms with Crippen molar-refractivity contribution in [3.63, 3.8) is 0 Å². The molecule has 1 aromatic carbocycles. The summed E-state index contributed by atoms with van der Waals surface area (Å²) in [5.41, 5.74) is 7.16. The molecule has 0 unspecified atom stereocenters. The summed E-state index contributed by atoms with van der Waals surface area (Å²) in [7, 11) is 0. The fraction of sp³-hybridized carbons (Fsp3) is 0.200. The van der Waals surface area contributed by atoms with E-state index in [1.165, 1.54) is 31.7 Å². The van der Waals surface area contributed by atoms with Crippen LogP contribution in [0.25, 0.3) is 45.7 Å². The molecule has 4 aromatic rings. The van der Waals surface area contributed by atoms with Crippen LogP contribution in [0.2, 0.25) is 0 Å². The quantitative estimate of drug-likeness (QED) is 0.195. The number of benzene rings is 1. The number of aromatic nitrogens is 4. The highest BCUT2D eigenvalue weighted by atomic mass is 19.1. The lowest BCUT2D eigenvalue weighted by Crippen LogP contribution is -2.23. The molecular formula is C35H36FN5. The smallest absolute Gasteiger partial charge is 0.132 e. The van der Waals surface area contributed by atoms with E-state index in [2.05, 4.69) is 51.3 Å². The van der Waals surface area contributed by atoms with Crippen LogP contribution in [0.5, 0.6) is 0 Å². The minimum Gasteiger partial charge on any atom is -0.359 e. The molecule has 1 saturated carbocycles. The highest BCUT2D eigenvalue weighted by Gasteiger charge is 2.18. The maximum Gasteiger partial charge on any atom is 0.132 e. The Morgan fingerprint density at radius 3 is 2.59 bits per heavy atom. The van der Waals surface area contributed by atoms with E-state index in [0.29, 0.717) is 17.2 Å². The number of hydrogen-bond acceptors (Lipinski definition) is 3. The minimum atomic E-state index is -0.310. The lowest BCUT2D eigenvalue weighted by molar-refractivity contribution is 0.607. The molecule has 0 amide bonds. The number of hydrogen-bond donors (Lipinski definition) is 3. The normalized spacial score (nSPS) is 15.6. The Bertz CT molecular complexity index is 1810. The van der Waals surface area contributed by atoms with E-state index in [4.69, 9.17) is 0 Å². The van der Waals surface area contributed by atoms with Crippen LogP contribution >= 0.6 is 0 Å². The Morgan fingerprint density at radius 2 is 1.88 bits per heavy atom. The zero-order valence-electron chi connectivity index (χ0n) is 23.7. The number of fused-ring (bicyclic) bond motifs is 1. The van der Waals surface area contributed by atoms with Gasteiger partial charge in [-0.1, -0.05) is 56.9 Å². The van der Waals surface area contributed by atoms with Gasteiger partial charge in [-0.25, -0.2) is 4.39 Å². The van der Waals surface area contributed by atoms with Crippen LogP contribution < -0.4 is 15.9 Å². The average molecular weight is 546 g/mol. The van der Waals surface area contributed by atoms with Crippen molar-refractivity contribution in [3.05, 3.63) is 119 Å². The zero-order valence-corrected chi connectivity index (χ0v) is 23.7. The number of nitrogens with one attached hydrogen (secondary N) is 3. The maximum atomic E-state index is 14.7. The van der Waals surface area contributed by atoms with Gasteiger partial charge in [-0.2, -0.15) is 5.10 Å². The summed E-state index contributed by atoms with van der Waals surface area (Å²) in [6.45, 7) is 16.6. The molecule has 1 aliphatic rings. The van der Waals surface area contributed by atoms with Crippen LogP contribution in [0.4, 0.5) is 4.39 Å². The molecule has 5 rings (SSSR count). The van der Waals surface area contributed by atoms with E-state index in [0.717, 1.165) is 55.4 Å². The average Bonchev–Trinajstić information content (AvgIpc) is 3.75. The van der Waals surface area contributed by atoms with Crippen molar-refractivity contribution >= 4 is 23.1 Å². The number of halogens is 1. The van der Waals surface area contributed by atoms with E-state index in [1.54, 1.807) is 18.3 Å². The maximum absolute atomic E-state index is 14.7. The van der Waals surface area contributed by atoms with Crippen molar-refractivity contribution in [2.24, 2.45) is 5.92 Å². The van der Waals surface area contributed by atoms with E-state index >= 15 is 0 Å². The van der Waals surface area contributed by atoms with Crippen LogP contribution in [0.3, 0.4) is 0 Å². The van der Waals surface area contributed by atoms with Gasteiger partial charge in [-0.05, 0) is 86.2 Å². The lowest BCUT2D eigenvalue weighted by atomic mass is 10.0. The second-order valence-corrected chi connectivity index (χ2v) is 10.3. The Labute approximate surface area is 240 Å². The number of rotatable bonds is 9. The highest BCUT2D eigenvalue weighted by molar-refractivity contribution is 5.96. The van der Waals surface area contributed by atoms with Crippen LogP contribution in [-0.2, 0) is 0 Å². The molecule has 0 spiro atoms. The van der Waals surface area contributed by atoms with Crippen molar-refractivity contribution in [1.29, 1.82) is 0 Å². The van der Waals surface area contributed by atoms with Gasteiger partial charge < -0.3 is 10.3 Å². The summed E-state index contributed by atoms with van der Waals surface area (Å²) in [4.78, 5) is 7.96. The largest absolute Gasteiger partial charge is 0.359 e. The molecule has 0 radical (unpaired) electrons. The zero-order chi connectivity index (χ0) is 28.9. The summed E-state index contributed by atoms with van der Waals surface area (Å²) in [5.74, 6) is 0.194. The molecule has 0 saturated heterocycles. The molecule has 1 aliphatic carbocycles. The SMILES string of the molecule is C=C/C(=C\C(=C/C)C(=C)/C=c1/c(-c2cc3c(-c4ccccc4F)nccc3[nH]2)n[nH]/c1=C/C)NC(=C)C1CCCC1. The van der Waals surface area contributed by atoms with Crippen molar-refractivity contribution < 1.29 is 4.39 Å². The number of allylic oxidation sites excluding steroid dienone is 6. The van der Waals surface area contributed by atoms with Crippen molar-refractivity contribution in [1.82, 2.24) is 25.5 Å². The van der Waals surface area contributed by atoms with Gasteiger partial charge in [0.15, 0.2) is 0 Å². The van der Waals surface area contributed by atoms with Gasteiger partial charge in [-0.15, -0.1) is 0 Å². The third-order valence-electron chi connectivity index (χ3n) is 7.74. The van der Waals surface area contributed by atoms with Gasteiger partial charge in [0.05, 0.1) is 16.7 Å². The minimum absolute atomic E-state index is 0.310. The Balaban J connectivity index is 1.52. The third-order valence-corrected chi connectivity index (χ3v) is 7.74. The topological polar surface area (TPSA) is 69.4 Å². The van der Waals surface area contributed by atoms with Gasteiger partial charge in [-0.3, -0.25) is 10.1 Å². The molecule has 3 aromatic heterocycles. The molecule has 0 bridgehead atoms. The second-order valence-electron chi connectivity index (χ2n) is 10.3. The predicted octanol–water partition coefficient (Wildman–Crippen LogP) is 7.21. The van der Waals surface area contributed by atoms with E-state index in [1.807, 2.05) is 56.4 Å². The van der Waals surface area contributed by atoms with E-state index < -0.39 is 0 Å². The second kappa shape index (κ2) is 12.2. The summed E-state index contributed by atoms with van der Waals surface area (Å²) < 4.78 is 14.7. The first-order valence-corrected chi connectivity index (χ1v) is 14.0. The molecule has 0 atom stereocenters. The van der Waals surface area contributed by atoms with E-state index in [9.17, 15) is 4.39 Å². The molecule has 5 nitrogen and oxygen atoms in total. The van der Waals surface area contributed by atoms with Gasteiger partial charge >= 0.3 is 0 Å². The molecule has 41 heavy (non-hydrogen) atoms. The first-order valence-electron chi connectivity index (χ1n) is 14.0. The van der Waals surface area contributed by atoms with Crippen LogP contribution in [0.15, 0.2) is 103 Å². The molecule has 3 heterocycles. The first kappa shape index (κ1) is 27.8. The molecular weight excluding hydrogens is 509 g/mol. The monoisotopic (exact) mass is 545 g/mol. The summed E-state index contributed by atoms with van der Waals surface area (Å²) >= 11 is 0. The van der Waals surface area contributed by atoms with Gasteiger partial charge in [0.25, 0.3) is 0 Å². The highest BCUT2D eigenvalue weighted by Crippen LogP contribution is 2.31. The van der Waals surface area contributed by atoms with Gasteiger partial charge in [0.2, 0.25) is 0 Å². The molecule has 3 N–H and O–H groups in total. The third kappa shape index (κ3) is 5.78. The number of aromatic amines is 2. The Kier molecular flexibility index (Phi) is 8.29. The van der Waals surface area contributed by atoms with Crippen molar-refractivity contribution in [2.75, 3.05) is 0 Å². The summed E-state index contributed by atoms with van der Waals surface area (Å²) in [6.07, 6.45) is 16.5. The molecule has 208 valence electrons. The van der Waals surface area contributed by atoms with Crippen LogP contribution in [-0.4, -0.2) is 20.2 Å². The summed E-state index contributed by atoms with van der Waals surface area (Å²) in [5, 5.41) is 13.9. The first-order chi connectivity index (χ1) is 19.9. The number of pyridine rings is 1. The summed E-state index contributed by atoms with van der Waals surface area (Å²) in [6, 6.07) is 10.5. The number of H-pyrrole nitrogens is 2. The number of nitrogens with zero attached hydrogens (tertiary/aromatic N) is 2. The standard InChI is InChI=1S/C35H36FN5/c1-6-24(20-26(7-2)38-23(5)25-13-9-10-14-25)22(4)19-28-31(8-3)40-41-35(28)33-21-29-32(39-33)17-18-37-34(29)27-15-11-12-16-30(27)36/h6-8,11-12,15-21,25,38-40H,2,4-5,9-10,13-14H2,1,3H3/b24-6+,26-20+,28-19+,31-8+. The van der Waals surface area contributed by atoms with E-state index in [-0.39, 0.29) is 5.82 Å². The van der Waals surface area contributed by atoms with Crippen molar-refractivity contribution in [3.8, 4) is 22.6 Å². The predicted molar refractivity (Wildman–Crippen MR) is 168 cm³/mol. The molecule has 0 aliphatic heterocycles.